The lowest BCUT2D eigenvalue weighted by atomic mass is 10.2. The lowest BCUT2D eigenvalue weighted by Crippen LogP contribution is -2.26. The van der Waals surface area contributed by atoms with Gasteiger partial charge in [0.1, 0.15) is 0 Å². The molecule has 19 heavy (non-hydrogen) atoms. The second kappa shape index (κ2) is 6.17. The average Bonchev–Trinajstić information content (AvgIpc) is 2.42. The number of aromatic nitrogens is 1. The highest BCUT2D eigenvalue weighted by Gasteiger charge is 2.16. The summed E-state index contributed by atoms with van der Waals surface area (Å²) in [6.07, 6.45) is 3.45. The van der Waals surface area contributed by atoms with Crippen LogP contribution in [0.2, 0.25) is 5.02 Å². The summed E-state index contributed by atoms with van der Waals surface area (Å²) in [5.41, 5.74) is 1.46. The Morgan fingerprint density at radius 2 is 2.16 bits per heavy atom. The lowest BCUT2D eigenvalue weighted by molar-refractivity contribution is 0.0785. The minimum atomic E-state index is -0.116. The number of carbonyl (C=O) groups is 1. The topological polar surface area (TPSA) is 33.2 Å². The fourth-order valence-corrected chi connectivity index (χ4v) is 2.28. The van der Waals surface area contributed by atoms with E-state index in [4.69, 9.17) is 11.6 Å². The summed E-state index contributed by atoms with van der Waals surface area (Å²) in [5, 5.41) is 0.436. The van der Waals surface area contributed by atoms with Crippen LogP contribution in [-0.4, -0.2) is 22.8 Å². The zero-order valence-electron chi connectivity index (χ0n) is 10.3. The van der Waals surface area contributed by atoms with Gasteiger partial charge in [-0.1, -0.05) is 23.7 Å². The van der Waals surface area contributed by atoms with Crippen molar-refractivity contribution in [3.63, 3.8) is 0 Å². The van der Waals surface area contributed by atoms with Crippen LogP contribution in [0, 0.1) is 0 Å². The molecule has 3 nitrogen and oxygen atoms in total. The molecule has 0 saturated heterocycles. The molecule has 0 saturated carbocycles. The summed E-state index contributed by atoms with van der Waals surface area (Å²) in [6, 6.07) is 9.09. The van der Waals surface area contributed by atoms with E-state index in [1.54, 1.807) is 42.5 Å². The van der Waals surface area contributed by atoms with Crippen LogP contribution < -0.4 is 0 Å². The maximum atomic E-state index is 12.3. The summed E-state index contributed by atoms with van der Waals surface area (Å²) in [6.45, 7) is 0.496. The predicted octanol–water partition coefficient (Wildman–Crippen LogP) is 3.77. The summed E-state index contributed by atoms with van der Waals surface area (Å²) in [4.78, 5) is 18.0. The molecule has 2 aromatic rings. The minimum Gasteiger partial charge on any atom is -0.337 e. The van der Waals surface area contributed by atoms with Gasteiger partial charge in [-0.2, -0.15) is 0 Å². The molecule has 98 valence electrons. The Labute approximate surface area is 125 Å². The average molecular weight is 340 g/mol. The first kappa shape index (κ1) is 14.0. The molecule has 1 aromatic heterocycles. The fraction of sp³-hybridized carbons (Fsp3) is 0.143. The summed E-state index contributed by atoms with van der Waals surface area (Å²) in [7, 11) is 1.74. The number of amides is 1. The number of pyridine rings is 1. The van der Waals surface area contributed by atoms with Crippen LogP contribution in [0.5, 0.6) is 0 Å². The zero-order chi connectivity index (χ0) is 13.8. The summed E-state index contributed by atoms with van der Waals surface area (Å²) < 4.78 is 0.717. The molecular weight excluding hydrogens is 328 g/mol. The van der Waals surface area contributed by atoms with Gasteiger partial charge in [0.15, 0.2) is 0 Å². The molecule has 0 N–H and O–H groups in total. The highest BCUT2D eigenvalue weighted by molar-refractivity contribution is 9.10. The maximum Gasteiger partial charge on any atom is 0.255 e. The number of carbonyl (C=O) groups excluding carboxylic acids is 1. The first-order chi connectivity index (χ1) is 9.09. The van der Waals surface area contributed by atoms with Crippen molar-refractivity contribution in [3.05, 3.63) is 63.3 Å². The van der Waals surface area contributed by atoms with E-state index in [9.17, 15) is 4.79 Å². The van der Waals surface area contributed by atoms with Crippen molar-refractivity contribution in [1.29, 1.82) is 0 Å². The van der Waals surface area contributed by atoms with E-state index in [1.165, 1.54) is 0 Å². The number of hydrogen-bond acceptors (Lipinski definition) is 2. The third kappa shape index (κ3) is 3.33. The number of halogens is 2. The van der Waals surface area contributed by atoms with Crippen molar-refractivity contribution >= 4 is 33.4 Å². The van der Waals surface area contributed by atoms with Crippen molar-refractivity contribution in [2.75, 3.05) is 7.05 Å². The number of benzene rings is 1. The first-order valence-corrected chi connectivity index (χ1v) is 6.85. The molecule has 1 heterocycles. The van der Waals surface area contributed by atoms with Gasteiger partial charge in [-0.15, -0.1) is 0 Å². The van der Waals surface area contributed by atoms with E-state index in [0.717, 1.165) is 10.0 Å². The molecule has 1 amide bonds. The molecule has 2 rings (SSSR count). The van der Waals surface area contributed by atoms with E-state index in [2.05, 4.69) is 20.9 Å². The third-order valence-electron chi connectivity index (χ3n) is 2.67. The number of rotatable bonds is 3. The zero-order valence-corrected chi connectivity index (χ0v) is 12.6. The van der Waals surface area contributed by atoms with Gasteiger partial charge in [-0.3, -0.25) is 9.78 Å². The van der Waals surface area contributed by atoms with E-state index in [-0.39, 0.29) is 5.91 Å². The van der Waals surface area contributed by atoms with Crippen LogP contribution in [0.15, 0.2) is 47.2 Å². The van der Waals surface area contributed by atoms with Gasteiger partial charge >= 0.3 is 0 Å². The van der Waals surface area contributed by atoms with E-state index in [0.29, 0.717) is 17.1 Å². The second-order valence-corrected chi connectivity index (χ2v) is 5.36. The standard InChI is InChI=1S/C14H12BrClN2O/c1-18(9-10-4-3-7-17-8-10)14(19)11-5-2-6-12(15)13(11)16/h2-8H,9H2,1H3. The summed E-state index contributed by atoms with van der Waals surface area (Å²) in [5.74, 6) is -0.116. The van der Waals surface area contributed by atoms with Gasteiger partial charge in [0.05, 0.1) is 10.6 Å². The minimum absolute atomic E-state index is 0.116. The Balaban J connectivity index is 2.18. The highest BCUT2D eigenvalue weighted by atomic mass is 79.9. The molecule has 0 aliphatic heterocycles. The molecular formula is C14H12BrClN2O. The van der Waals surface area contributed by atoms with Crippen molar-refractivity contribution in [2.24, 2.45) is 0 Å². The molecule has 0 aliphatic carbocycles. The van der Waals surface area contributed by atoms with Gasteiger partial charge < -0.3 is 4.90 Å². The van der Waals surface area contributed by atoms with Crippen LogP contribution in [0.1, 0.15) is 15.9 Å². The molecule has 1 aromatic carbocycles. The van der Waals surface area contributed by atoms with Crippen LogP contribution in [0.25, 0.3) is 0 Å². The molecule has 0 unspecified atom stereocenters. The Kier molecular flexibility index (Phi) is 4.56. The smallest absolute Gasteiger partial charge is 0.255 e. The van der Waals surface area contributed by atoms with Crippen molar-refractivity contribution in [3.8, 4) is 0 Å². The highest BCUT2D eigenvalue weighted by Crippen LogP contribution is 2.27. The van der Waals surface area contributed by atoms with Crippen LogP contribution in [0.3, 0.4) is 0 Å². The van der Waals surface area contributed by atoms with Gasteiger partial charge in [0.2, 0.25) is 0 Å². The monoisotopic (exact) mass is 338 g/mol. The Morgan fingerprint density at radius 1 is 1.37 bits per heavy atom. The van der Waals surface area contributed by atoms with Crippen LogP contribution in [0.4, 0.5) is 0 Å². The number of hydrogen-bond donors (Lipinski definition) is 0. The van der Waals surface area contributed by atoms with Gasteiger partial charge in [0.25, 0.3) is 5.91 Å². The Hall–Kier alpha value is -1.39. The molecule has 0 radical (unpaired) electrons. The van der Waals surface area contributed by atoms with Crippen molar-refractivity contribution in [2.45, 2.75) is 6.54 Å². The fourth-order valence-electron chi connectivity index (χ4n) is 1.71. The molecule has 0 fully saturated rings. The quantitative estimate of drug-likeness (QED) is 0.853. The third-order valence-corrected chi connectivity index (χ3v) is 3.97. The molecule has 0 bridgehead atoms. The second-order valence-electron chi connectivity index (χ2n) is 4.12. The van der Waals surface area contributed by atoms with E-state index in [1.807, 2.05) is 12.1 Å². The summed E-state index contributed by atoms with van der Waals surface area (Å²) >= 11 is 9.45. The predicted molar refractivity (Wildman–Crippen MR) is 79.2 cm³/mol. The molecule has 0 aliphatic rings. The number of nitrogens with zero attached hydrogens (tertiary/aromatic N) is 2. The van der Waals surface area contributed by atoms with Crippen LogP contribution in [-0.2, 0) is 6.54 Å². The lowest BCUT2D eigenvalue weighted by Gasteiger charge is -2.18. The normalized spacial score (nSPS) is 10.3. The SMILES string of the molecule is CN(Cc1cccnc1)C(=O)c1cccc(Br)c1Cl. The Morgan fingerprint density at radius 3 is 2.84 bits per heavy atom. The van der Waals surface area contributed by atoms with Gasteiger partial charge in [-0.25, -0.2) is 0 Å². The molecule has 5 heteroatoms. The van der Waals surface area contributed by atoms with Crippen molar-refractivity contribution < 1.29 is 4.79 Å². The van der Waals surface area contributed by atoms with Gasteiger partial charge in [0, 0.05) is 30.5 Å². The first-order valence-electron chi connectivity index (χ1n) is 5.68. The maximum absolute atomic E-state index is 12.3. The molecule has 0 spiro atoms. The largest absolute Gasteiger partial charge is 0.337 e. The van der Waals surface area contributed by atoms with Gasteiger partial charge in [-0.05, 0) is 39.7 Å². The van der Waals surface area contributed by atoms with Crippen molar-refractivity contribution in [1.82, 2.24) is 9.88 Å². The molecule has 0 atom stereocenters. The Bertz CT molecular complexity index is 589. The van der Waals surface area contributed by atoms with E-state index >= 15 is 0 Å². The van der Waals surface area contributed by atoms with E-state index < -0.39 is 0 Å². The van der Waals surface area contributed by atoms with Crippen LogP contribution >= 0.6 is 27.5 Å².